The Hall–Kier alpha value is -4.14. The van der Waals surface area contributed by atoms with Crippen LogP contribution in [0.5, 0.6) is 0 Å². The molecule has 0 aromatic heterocycles. The lowest BCUT2D eigenvalue weighted by molar-refractivity contribution is 0.0260. The Labute approximate surface area is 253 Å². The second kappa shape index (κ2) is 12.6. The summed E-state index contributed by atoms with van der Waals surface area (Å²) in [7, 11) is 0. The zero-order chi connectivity index (χ0) is 31.5. The van der Waals surface area contributed by atoms with Crippen molar-refractivity contribution in [1.29, 1.82) is 0 Å². The number of nitrogens with one attached hydrogen (secondary N) is 1. The van der Waals surface area contributed by atoms with Crippen LogP contribution in [-0.4, -0.2) is 65.3 Å². The zero-order valence-corrected chi connectivity index (χ0v) is 26.2. The van der Waals surface area contributed by atoms with Gasteiger partial charge in [-0.05, 0) is 108 Å². The Kier molecular flexibility index (Phi) is 9.32. The number of rotatable bonds is 4. The van der Waals surface area contributed by atoms with Gasteiger partial charge in [0.15, 0.2) is 0 Å². The van der Waals surface area contributed by atoms with Crippen molar-refractivity contribution in [3.05, 3.63) is 76.6 Å². The summed E-state index contributed by atoms with van der Waals surface area (Å²) < 4.78 is 26.0. The monoisotopic (exact) mass is 591 g/mol. The molecule has 0 atom stereocenters. The second-order valence-electron chi connectivity index (χ2n) is 13.0. The van der Waals surface area contributed by atoms with Crippen LogP contribution >= 0.6 is 0 Å². The van der Waals surface area contributed by atoms with Gasteiger partial charge in [-0.1, -0.05) is 24.3 Å². The van der Waals surface area contributed by atoms with Gasteiger partial charge in [-0.3, -0.25) is 4.79 Å². The summed E-state index contributed by atoms with van der Waals surface area (Å²) in [5.41, 5.74) is 4.11. The standard InChI is InChI=1S/C34H42FN3O5/c1-22-20-26(9-11-27(22)23-12-16-37(17-13-23)31(40)42-33(2,3)4)36-30(39)25-8-10-28(29(35)21-25)24-14-18-38(19-15-24)32(41)43-34(5,6)7/h8-12,14,20-21H,13,15-19H2,1-7H3,(H,36,39). The van der Waals surface area contributed by atoms with E-state index in [9.17, 15) is 14.4 Å². The fourth-order valence-electron chi connectivity index (χ4n) is 5.03. The average Bonchev–Trinajstić information content (AvgIpc) is 2.91. The fraction of sp³-hybridized carbons (Fsp3) is 0.441. The van der Waals surface area contributed by atoms with Gasteiger partial charge in [-0.25, -0.2) is 14.0 Å². The van der Waals surface area contributed by atoms with Gasteiger partial charge in [0.05, 0.1) is 0 Å². The first-order chi connectivity index (χ1) is 20.1. The SMILES string of the molecule is Cc1cc(NC(=O)c2ccc(C3=CCN(C(=O)OC(C)(C)C)CC3)c(F)c2)ccc1C1=CCN(C(=O)OC(C)(C)C)CC1. The normalized spacial score (nSPS) is 15.8. The molecule has 0 radical (unpaired) electrons. The number of ether oxygens (including phenoxy) is 2. The Balaban J connectivity index is 1.37. The van der Waals surface area contributed by atoms with E-state index in [0.29, 0.717) is 50.3 Å². The van der Waals surface area contributed by atoms with E-state index in [1.165, 1.54) is 6.07 Å². The number of amides is 3. The summed E-state index contributed by atoms with van der Waals surface area (Å²) in [4.78, 5) is 40.9. The third kappa shape index (κ3) is 8.46. The molecule has 9 heteroatoms. The molecule has 2 aromatic rings. The van der Waals surface area contributed by atoms with Crippen molar-refractivity contribution < 1.29 is 28.2 Å². The van der Waals surface area contributed by atoms with Gasteiger partial charge < -0.3 is 24.6 Å². The molecular formula is C34H42FN3O5. The highest BCUT2D eigenvalue weighted by Gasteiger charge is 2.26. The van der Waals surface area contributed by atoms with Crippen LogP contribution < -0.4 is 5.32 Å². The minimum Gasteiger partial charge on any atom is -0.444 e. The maximum Gasteiger partial charge on any atom is 0.410 e. The van der Waals surface area contributed by atoms with Gasteiger partial charge in [-0.15, -0.1) is 0 Å². The number of benzene rings is 2. The molecule has 2 heterocycles. The van der Waals surface area contributed by atoms with E-state index in [4.69, 9.17) is 9.47 Å². The number of hydrogen-bond acceptors (Lipinski definition) is 5. The molecule has 8 nitrogen and oxygen atoms in total. The predicted octanol–water partition coefficient (Wildman–Crippen LogP) is 7.43. The topological polar surface area (TPSA) is 88.2 Å². The minimum absolute atomic E-state index is 0.215. The first-order valence-corrected chi connectivity index (χ1v) is 14.7. The molecule has 0 saturated carbocycles. The highest BCUT2D eigenvalue weighted by atomic mass is 19.1. The van der Waals surface area contributed by atoms with Crippen LogP contribution in [-0.2, 0) is 9.47 Å². The molecule has 0 unspecified atom stereocenters. The molecule has 0 aliphatic carbocycles. The molecule has 2 aliphatic rings. The molecule has 0 saturated heterocycles. The van der Waals surface area contributed by atoms with Crippen LogP contribution in [0.2, 0.25) is 0 Å². The third-order valence-corrected chi connectivity index (χ3v) is 7.13. The summed E-state index contributed by atoms with van der Waals surface area (Å²) in [5.74, 6) is -0.892. The van der Waals surface area contributed by atoms with E-state index in [0.717, 1.165) is 22.3 Å². The second-order valence-corrected chi connectivity index (χ2v) is 13.0. The lowest BCUT2D eigenvalue weighted by Gasteiger charge is -2.30. The number of halogens is 1. The minimum atomic E-state index is -0.579. The van der Waals surface area contributed by atoms with Crippen molar-refractivity contribution in [2.45, 2.75) is 72.5 Å². The van der Waals surface area contributed by atoms with Crippen molar-refractivity contribution >= 4 is 34.9 Å². The van der Waals surface area contributed by atoms with Crippen molar-refractivity contribution in [2.24, 2.45) is 0 Å². The predicted molar refractivity (Wildman–Crippen MR) is 166 cm³/mol. The molecule has 0 spiro atoms. The first kappa shape index (κ1) is 31.8. The molecule has 1 N–H and O–H groups in total. The smallest absolute Gasteiger partial charge is 0.410 e. The number of hydrogen-bond donors (Lipinski definition) is 1. The molecule has 43 heavy (non-hydrogen) atoms. The van der Waals surface area contributed by atoms with Crippen LogP contribution in [0.1, 0.15) is 81.4 Å². The van der Waals surface area contributed by atoms with Crippen LogP contribution in [0.3, 0.4) is 0 Å². The third-order valence-electron chi connectivity index (χ3n) is 7.13. The lowest BCUT2D eigenvalue weighted by Crippen LogP contribution is -2.39. The molecule has 230 valence electrons. The van der Waals surface area contributed by atoms with Gasteiger partial charge in [-0.2, -0.15) is 0 Å². The molecule has 0 fully saturated rings. The fourth-order valence-corrected chi connectivity index (χ4v) is 5.03. The Morgan fingerprint density at radius 1 is 0.767 bits per heavy atom. The number of aryl methyl sites for hydroxylation is 1. The van der Waals surface area contributed by atoms with Crippen molar-refractivity contribution in [2.75, 3.05) is 31.5 Å². The maximum absolute atomic E-state index is 15.1. The van der Waals surface area contributed by atoms with Gasteiger partial charge in [0, 0.05) is 43.0 Å². The first-order valence-electron chi connectivity index (χ1n) is 14.7. The quantitative estimate of drug-likeness (QED) is 0.399. The summed E-state index contributed by atoms with van der Waals surface area (Å²) in [6, 6.07) is 10.1. The van der Waals surface area contributed by atoms with Crippen LogP contribution in [0.15, 0.2) is 48.6 Å². The van der Waals surface area contributed by atoms with E-state index in [2.05, 4.69) is 5.32 Å². The summed E-state index contributed by atoms with van der Waals surface area (Å²) >= 11 is 0. The Morgan fingerprint density at radius 3 is 1.72 bits per heavy atom. The van der Waals surface area contributed by atoms with Gasteiger partial charge in [0.25, 0.3) is 5.91 Å². The Morgan fingerprint density at radius 2 is 1.28 bits per heavy atom. The van der Waals surface area contributed by atoms with E-state index in [-0.39, 0.29) is 17.7 Å². The molecule has 3 amide bonds. The Bertz CT molecular complexity index is 1470. The van der Waals surface area contributed by atoms with E-state index in [1.54, 1.807) is 21.9 Å². The number of anilines is 1. The molecule has 2 aliphatic heterocycles. The maximum atomic E-state index is 15.1. The van der Waals surface area contributed by atoms with Crippen molar-refractivity contribution in [3.8, 4) is 0 Å². The molecule has 0 bridgehead atoms. The van der Waals surface area contributed by atoms with Gasteiger partial charge in [0.1, 0.15) is 17.0 Å². The van der Waals surface area contributed by atoms with Crippen LogP contribution in [0, 0.1) is 12.7 Å². The molecule has 4 rings (SSSR count). The van der Waals surface area contributed by atoms with Gasteiger partial charge in [0.2, 0.25) is 0 Å². The molecular weight excluding hydrogens is 549 g/mol. The number of carbonyl (C=O) groups is 3. The van der Waals surface area contributed by atoms with E-state index >= 15 is 4.39 Å². The highest BCUT2D eigenvalue weighted by molar-refractivity contribution is 6.04. The number of carbonyl (C=O) groups excluding carboxylic acids is 3. The zero-order valence-electron chi connectivity index (χ0n) is 26.2. The van der Waals surface area contributed by atoms with Crippen LogP contribution in [0.4, 0.5) is 19.7 Å². The van der Waals surface area contributed by atoms with Crippen molar-refractivity contribution in [1.82, 2.24) is 9.80 Å². The van der Waals surface area contributed by atoms with E-state index in [1.807, 2.05) is 78.8 Å². The van der Waals surface area contributed by atoms with Crippen LogP contribution in [0.25, 0.3) is 11.1 Å². The van der Waals surface area contributed by atoms with Gasteiger partial charge >= 0.3 is 12.2 Å². The van der Waals surface area contributed by atoms with Crippen molar-refractivity contribution in [3.63, 3.8) is 0 Å². The lowest BCUT2D eigenvalue weighted by atomic mass is 9.95. The van der Waals surface area contributed by atoms with E-state index < -0.39 is 22.9 Å². The average molecular weight is 592 g/mol. The molecule has 2 aromatic carbocycles. The summed E-state index contributed by atoms with van der Waals surface area (Å²) in [6.07, 6.45) is 4.35. The highest BCUT2D eigenvalue weighted by Crippen LogP contribution is 2.29. The summed E-state index contributed by atoms with van der Waals surface area (Å²) in [5, 5.41) is 2.87. The largest absolute Gasteiger partial charge is 0.444 e. The number of nitrogens with zero attached hydrogens (tertiary/aromatic N) is 2. The summed E-state index contributed by atoms with van der Waals surface area (Å²) in [6.45, 7) is 14.8.